The summed E-state index contributed by atoms with van der Waals surface area (Å²) in [6.45, 7) is 2.45. The zero-order chi connectivity index (χ0) is 14.2. The number of unbranched alkanes of at least 4 members (excludes halogenated alkanes) is 3. The quantitative estimate of drug-likeness (QED) is 0.210. The van der Waals surface area contributed by atoms with E-state index in [9.17, 15) is 4.79 Å². The van der Waals surface area contributed by atoms with E-state index in [2.05, 4.69) is 22.7 Å². The molecule has 0 fully saturated rings. The Kier molecular flexibility index (Phi) is 12.4. The highest BCUT2D eigenvalue weighted by atomic mass is 16.5. The maximum Gasteiger partial charge on any atom is 0.331 e. The molecule has 19 heavy (non-hydrogen) atoms. The zero-order valence-corrected chi connectivity index (χ0v) is 11.4. The largest absolute Gasteiger partial charge is 0.449 e. The van der Waals surface area contributed by atoms with Crippen LogP contribution in [-0.4, -0.2) is 19.2 Å². The molecule has 3 heteroatoms. The highest BCUT2D eigenvalue weighted by Gasteiger charge is 1.91. The molecule has 0 saturated heterocycles. The van der Waals surface area contributed by atoms with Gasteiger partial charge in [-0.3, -0.25) is 0 Å². The Morgan fingerprint density at radius 2 is 2.11 bits per heavy atom. The number of carbonyl (C=O) groups excluding carboxylic acids is 1. The summed E-state index contributed by atoms with van der Waals surface area (Å²) in [5, 5.41) is 0. The smallest absolute Gasteiger partial charge is 0.331 e. The first-order valence-electron chi connectivity index (χ1n) is 6.28. The Morgan fingerprint density at radius 3 is 2.84 bits per heavy atom. The van der Waals surface area contributed by atoms with Gasteiger partial charge in [-0.2, -0.15) is 0 Å². The van der Waals surface area contributed by atoms with E-state index in [-0.39, 0.29) is 6.61 Å². The first-order valence-corrected chi connectivity index (χ1v) is 6.28. The Balaban J connectivity index is 3.43. The summed E-state index contributed by atoms with van der Waals surface area (Å²) in [5.41, 5.74) is 0. The molecular formula is C16H20O3. The molecule has 0 saturated carbocycles. The van der Waals surface area contributed by atoms with Crippen LogP contribution in [-0.2, 0) is 14.3 Å². The molecule has 0 aliphatic rings. The lowest BCUT2D eigenvalue weighted by Gasteiger charge is -1.97. The van der Waals surface area contributed by atoms with Crippen molar-refractivity contribution in [3.63, 3.8) is 0 Å². The lowest BCUT2D eigenvalue weighted by atomic mass is 10.2. The Morgan fingerprint density at radius 1 is 1.26 bits per heavy atom. The highest BCUT2D eigenvalue weighted by Crippen LogP contribution is 2.01. The van der Waals surface area contributed by atoms with E-state index in [1.54, 1.807) is 13.0 Å². The summed E-state index contributed by atoms with van der Waals surface area (Å²) < 4.78 is 9.69. The van der Waals surface area contributed by atoms with Gasteiger partial charge in [-0.05, 0) is 25.7 Å². The molecule has 0 aliphatic carbocycles. The van der Waals surface area contributed by atoms with Crippen LogP contribution >= 0.6 is 0 Å². The van der Waals surface area contributed by atoms with Gasteiger partial charge < -0.3 is 9.47 Å². The van der Waals surface area contributed by atoms with Gasteiger partial charge in [0.05, 0.1) is 0 Å². The molecule has 0 aliphatic heterocycles. The first-order chi connectivity index (χ1) is 9.31. The van der Waals surface area contributed by atoms with Crippen molar-refractivity contribution in [2.24, 2.45) is 0 Å². The maximum absolute atomic E-state index is 11.0. The number of ether oxygens (including phenoxy) is 2. The van der Waals surface area contributed by atoms with E-state index < -0.39 is 5.97 Å². The predicted molar refractivity (Wildman–Crippen MR) is 75.9 cm³/mol. The SMILES string of the molecule is C#CCOC(=O)/C=C/C=C/CCCCCOC#CC. The fourth-order valence-corrected chi connectivity index (χ4v) is 1.21. The first kappa shape index (κ1) is 16.9. The second kappa shape index (κ2) is 13.9. The fourth-order valence-electron chi connectivity index (χ4n) is 1.21. The summed E-state index contributed by atoms with van der Waals surface area (Å²) >= 11 is 0. The van der Waals surface area contributed by atoms with E-state index in [0.717, 1.165) is 25.7 Å². The van der Waals surface area contributed by atoms with Crippen LogP contribution in [0.5, 0.6) is 0 Å². The van der Waals surface area contributed by atoms with Crippen molar-refractivity contribution in [3.05, 3.63) is 24.3 Å². The van der Waals surface area contributed by atoms with Crippen molar-refractivity contribution in [1.82, 2.24) is 0 Å². The lowest BCUT2D eigenvalue weighted by molar-refractivity contribution is -0.136. The highest BCUT2D eigenvalue weighted by molar-refractivity contribution is 5.82. The van der Waals surface area contributed by atoms with E-state index in [4.69, 9.17) is 11.2 Å². The van der Waals surface area contributed by atoms with Crippen molar-refractivity contribution < 1.29 is 14.3 Å². The van der Waals surface area contributed by atoms with Gasteiger partial charge in [0.15, 0.2) is 6.61 Å². The van der Waals surface area contributed by atoms with E-state index in [0.29, 0.717) is 6.61 Å². The van der Waals surface area contributed by atoms with Crippen molar-refractivity contribution in [2.75, 3.05) is 13.2 Å². The number of allylic oxidation sites excluding steroid dienone is 3. The number of esters is 1. The topological polar surface area (TPSA) is 35.5 Å². The summed E-state index contributed by atoms with van der Waals surface area (Å²) in [6.07, 6.45) is 18.5. The molecule has 0 atom stereocenters. The second-order valence-electron chi connectivity index (χ2n) is 3.65. The van der Waals surface area contributed by atoms with Crippen molar-refractivity contribution >= 4 is 5.97 Å². The van der Waals surface area contributed by atoms with Crippen LogP contribution in [0, 0.1) is 24.4 Å². The molecule has 0 spiro atoms. The fraction of sp³-hybridized carbons (Fsp3) is 0.438. The zero-order valence-electron chi connectivity index (χ0n) is 11.4. The number of terminal acetylenes is 1. The van der Waals surface area contributed by atoms with Gasteiger partial charge in [-0.1, -0.05) is 30.1 Å². The van der Waals surface area contributed by atoms with Crippen molar-refractivity contribution in [1.29, 1.82) is 0 Å². The van der Waals surface area contributed by atoms with Gasteiger partial charge in [0.25, 0.3) is 0 Å². The number of rotatable bonds is 9. The van der Waals surface area contributed by atoms with Crippen molar-refractivity contribution in [3.8, 4) is 24.4 Å². The van der Waals surface area contributed by atoms with Gasteiger partial charge in [0.2, 0.25) is 0 Å². The van der Waals surface area contributed by atoms with Crippen LogP contribution in [0.1, 0.15) is 32.6 Å². The lowest BCUT2D eigenvalue weighted by Crippen LogP contribution is -1.99. The van der Waals surface area contributed by atoms with Crippen LogP contribution in [0.25, 0.3) is 0 Å². The van der Waals surface area contributed by atoms with E-state index in [1.807, 2.05) is 12.2 Å². The molecule has 0 rings (SSSR count). The minimum absolute atomic E-state index is 0.0113. The molecule has 0 radical (unpaired) electrons. The molecule has 3 nitrogen and oxygen atoms in total. The van der Waals surface area contributed by atoms with E-state index >= 15 is 0 Å². The van der Waals surface area contributed by atoms with Gasteiger partial charge in [0.1, 0.15) is 12.7 Å². The van der Waals surface area contributed by atoms with Gasteiger partial charge in [-0.15, -0.1) is 6.42 Å². The molecule has 0 N–H and O–H groups in total. The number of carbonyl (C=O) groups is 1. The van der Waals surface area contributed by atoms with Crippen LogP contribution < -0.4 is 0 Å². The number of hydrogen-bond donors (Lipinski definition) is 0. The summed E-state index contributed by atoms with van der Waals surface area (Å²) in [6, 6.07) is 0. The third kappa shape index (κ3) is 13.8. The second-order valence-corrected chi connectivity index (χ2v) is 3.65. The molecule has 0 bridgehead atoms. The molecule has 0 unspecified atom stereocenters. The minimum atomic E-state index is -0.420. The molecule has 0 aromatic rings. The Bertz CT molecular complexity index is 388. The Labute approximate surface area is 115 Å². The average molecular weight is 260 g/mol. The van der Waals surface area contributed by atoms with Gasteiger partial charge in [0, 0.05) is 13.0 Å². The summed E-state index contributed by atoms with van der Waals surface area (Å²) in [7, 11) is 0. The summed E-state index contributed by atoms with van der Waals surface area (Å²) in [5.74, 6) is 4.48. The predicted octanol–water partition coefficient (Wildman–Crippen LogP) is 2.83. The Hall–Kier alpha value is -2.13. The van der Waals surface area contributed by atoms with Crippen LogP contribution in [0.4, 0.5) is 0 Å². The van der Waals surface area contributed by atoms with Crippen LogP contribution in [0.3, 0.4) is 0 Å². The number of hydrogen-bond acceptors (Lipinski definition) is 3. The minimum Gasteiger partial charge on any atom is -0.449 e. The normalized spacial score (nSPS) is 9.89. The van der Waals surface area contributed by atoms with Crippen molar-refractivity contribution in [2.45, 2.75) is 32.6 Å². The van der Waals surface area contributed by atoms with Gasteiger partial charge >= 0.3 is 5.97 Å². The molecule has 0 heterocycles. The monoisotopic (exact) mass is 260 g/mol. The van der Waals surface area contributed by atoms with Crippen LogP contribution in [0.15, 0.2) is 24.3 Å². The maximum atomic E-state index is 11.0. The summed E-state index contributed by atoms with van der Waals surface area (Å²) in [4.78, 5) is 11.0. The van der Waals surface area contributed by atoms with Gasteiger partial charge in [-0.25, -0.2) is 4.79 Å². The molecular weight excluding hydrogens is 240 g/mol. The van der Waals surface area contributed by atoms with Crippen LogP contribution in [0.2, 0.25) is 0 Å². The average Bonchev–Trinajstić information content (AvgIpc) is 2.42. The molecule has 102 valence electrons. The third-order valence-corrected chi connectivity index (χ3v) is 2.07. The molecule has 0 amide bonds. The van der Waals surface area contributed by atoms with E-state index in [1.165, 1.54) is 6.08 Å². The molecule has 0 aromatic carbocycles. The standard InChI is InChI=1S/C16H20O3/c1-3-13-18-15-11-9-7-5-6-8-10-12-16(17)19-14-4-2/h2,6,8,10,12H,5,7,9,11,14-15H2,1H3/b8-6+,12-10+. The third-order valence-electron chi connectivity index (χ3n) is 2.07. The molecule has 0 aromatic heterocycles.